The van der Waals surface area contributed by atoms with Crippen LogP contribution < -0.4 is 0 Å². The van der Waals surface area contributed by atoms with Gasteiger partial charge in [0.15, 0.2) is 0 Å². The Bertz CT molecular complexity index is 428. The third-order valence-electron chi connectivity index (χ3n) is 4.39. The maximum atomic E-state index is 11.1. The molecule has 0 N–H and O–H groups in total. The van der Waals surface area contributed by atoms with Gasteiger partial charge in [-0.1, -0.05) is 50.6 Å². The smallest absolute Gasteiger partial charge is 0.404 e. The molecule has 0 heterocycles. The Morgan fingerprint density at radius 3 is 2.47 bits per heavy atom. The molecule has 1 aromatic carbocycles. The fourth-order valence-corrected chi connectivity index (χ4v) is 3.38. The first-order valence-corrected chi connectivity index (χ1v) is 7.31. The molecular weight excluding hydrogens is 260 g/mol. The van der Waals surface area contributed by atoms with Gasteiger partial charge in [-0.05, 0) is 30.2 Å². The molecule has 0 aliphatic heterocycles. The molecule has 104 valence electrons. The lowest BCUT2D eigenvalue weighted by Gasteiger charge is -2.42. The maximum absolute atomic E-state index is 11.1. The van der Waals surface area contributed by atoms with Crippen LogP contribution in [0.2, 0.25) is 0 Å². The van der Waals surface area contributed by atoms with Crippen LogP contribution in [-0.4, -0.2) is 11.5 Å². The summed E-state index contributed by atoms with van der Waals surface area (Å²) in [7, 11) is 0. The van der Waals surface area contributed by atoms with Crippen molar-refractivity contribution in [2.75, 3.05) is 0 Å². The van der Waals surface area contributed by atoms with Crippen LogP contribution in [0.25, 0.3) is 0 Å². The van der Waals surface area contributed by atoms with E-state index in [0.29, 0.717) is 5.92 Å². The van der Waals surface area contributed by atoms with Gasteiger partial charge in [0.25, 0.3) is 0 Å². The zero-order chi connectivity index (χ0) is 13.9. The molecule has 1 aliphatic rings. The number of ether oxygens (including phenoxy) is 1. The summed E-state index contributed by atoms with van der Waals surface area (Å²) >= 11 is 5.41. The predicted octanol–water partition coefficient (Wildman–Crippen LogP) is 4.90. The van der Waals surface area contributed by atoms with E-state index in [0.717, 1.165) is 19.3 Å². The number of carbonyl (C=O) groups is 1. The Kier molecular flexibility index (Phi) is 4.51. The molecule has 0 aromatic heterocycles. The van der Waals surface area contributed by atoms with Crippen LogP contribution in [0.3, 0.4) is 0 Å². The Morgan fingerprint density at radius 2 is 1.84 bits per heavy atom. The average Bonchev–Trinajstić information content (AvgIpc) is 2.39. The SMILES string of the molecule is CC(C)(c1ccccc1)[C@H]1CCCC[C@@H]1OC(=O)Cl. The predicted molar refractivity (Wildman–Crippen MR) is 77.5 cm³/mol. The summed E-state index contributed by atoms with van der Waals surface area (Å²) in [6.45, 7) is 4.46. The summed E-state index contributed by atoms with van der Waals surface area (Å²) in [5.41, 5.74) is 0.594. The first-order valence-electron chi connectivity index (χ1n) is 6.93. The van der Waals surface area contributed by atoms with Gasteiger partial charge >= 0.3 is 5.43 Å². The van der Waals surface area contributed by atoms with Gasteiger partial charge in [0.2, 0.25) is 0 Å². The lowest BCUT2D eigenvalue weighted by atomic mass is 9.66. The van der Waals surface area contributed by atoms with Crippen LogP contribution in [0.1, 0.15) is 45.1 Å². The van der Waals surface area contributed by atoms with Crippen LogP contribution in [0.4, 0.5) is 4.79 Å². The van der Waals surface area contributed by atoms with E-state index >= 15 is 0 Å². The van der Waals surface area contributed by atoms with Crippen molar-refractivity contribution >= 4 is 17.0 Å². The number of rotatable bonds is 3. The summed E-state index contributed by atoms with van der Waals surface area (Å²) < 4.78 is 5.34. The highest BCUT2D eigenvalue weighted by atomic mass is 35.5. The second kappa shape index (κ2) is 5.96. The van der Waals surface area contributed by atoms with E-state index in [4.69, 9.17) is 16.3 Å². The quantitative estimate of drug-likeness (QED) is 0.736. The van der Waals surface area contributed by atoms with Crippen LogP contribution >= 0.6 is 11.6 Å². The van der Waals surface area contributed by atoms with Crippen molar-refractivity contribution in [3.63, 3.8) is 0 Å². The topological polar surface area (TPSA) is 26.3 Å². The molecule has 19 heavy (non-hydrogen) atoms. The summed E-state index contributed by atoms with van der Waals surface area (Å²) in [5, 5.41) is 0. The number of halogens is 1. The normalized spacial score (nSPS) is 23.9. The van der Waals surface area contributed by atoms with Gasteiger partial charge in [0.1, 0.15) is 6.10 Å². The van der Waals surface area contributed by atoms with Crippen LogP contribution in [-0.2, 0) is 10.2 Å². The largest absolute Gasteiger partial charge is 0.450 e. The third kappa shape index (κ3) is 3.30. The summed E-state index contributed by atoms with van der Waals surface area (Å²) in [6.07, 6.45) is 4.23. The highest BCUT2D eigenvalue weighted by molar-refractivity contribution is 6.61. The number of hydrogen-bond acceptors (Lipinski definition) is 2. The molecule has 0 bridgehead atoms. The van der Waals surface area contributed by atoms with Gasteiger partial charge in [-0.3, -0.25) is 0 Å². The minimum atomic E-state index is -0.680. The molecule has 0 saturated heterocycles. The second-order valence-electron chi connectivity index (χ2n) is 5.87. The first-order chi connectivity index (χ1) is 9.01. The molecule has 1 aliphatic carbocycles. The van der Waals surface area contributed by atoms with Crippen LogP contribution in [0.5, 0.6) is 0 Å². The molecule has 2 rings (SSSR count). The summed E-state index contributed by atoms with van der Waals surface area (Å²) in [6, 6.07) is 10.4. The zero-order valence-electron chi connectivity index (χ0n) is 11.6. The standard InChI is InChI=1S/C16H21ClO2/c1-16(2,12-8-4-3-5-9-12)13-10-6-7-11-14(13)19-15(17)18/h3-5,8-9,13-14H,6-7,10-11H2,1-2H3/t13-,14-/m0/s1. The van der Waals surface area contributed by atoms with E-state index < -0.39 is 5.43 Å². The minimum absolute atomic E-state index is 0.0152. The van der Waals surface area contributed by atoms with E-state index in [1.54, 1.807) is 0 Å². The van der Waals surface area contributed by atoms with Gasteiger partial charge in [-0.25, -0.2) is 4.79 Å². The van der Waals surface area contributed by atoms with Crippen molar-refractivity contribution in [2.45, 2.75) is 51.0 Å². The van der Waals surface area contributed by atoms with Crippen molar-refractivity contribution in [3.05, 3.63) is 35.9 Å². The van der Waals surface area contributed by atoms with E-state index in [9.17, 15) is 4.79 Å². The Morgan fingerprint density at radius 1 is 1.21 bits per heavy atom. The molecule has 3 heteroatoms. The van der Waals surface area contributed by atoms with Gasteiger partial charge in [-0.15, -0.1) is 0 Å². The first kappa shape index (κ1) is 14.4. The molecule has 0 radical (unpaired) electrons. The molecule has 1 aromatic rings. The second-order valence-corrected chi connectivity index (χ2v) is 6.18. The highest BCUT2D eigenvalue weighted by Crippen LogP contribution is 2.42. The van der Waals surface area contributed by atoms with Gasteiger partial charge in [0.05, 0.1) is 0 Å². The highest BCUT2D eigenvalue weighted by Gasteiger charge is 2.40. The third-order valence-corrected chi connectivity index (χ3v) is 4.48. The fraction of sp³-hybridized carbons (Fsp3) is 0.562. The molecule has 0 amide bonds. The Hall–Kier alpha value is -1.02. The van der Waals surface area contributed by atoms with Gasteiger partial charge < -0.3 is 4.74 Å². The van der Waals surface area contributed by atoms with Crippen LogP contribution in [0, 0.1) is 5.92 Å². The lowest BCUT2D eigenvalue weighted by Crippen LogP contribution is -2.41. The molecule has 2 nitrogen and oxygen atoms in total. The summed E-state index contributed by atoms with van der Waals surface area (Å²) in [4.78, 5) is 11.1. The molecule has 1 fully saturated rings. The molecule has 2 atom stereocenters. The van der Waals surface area contributed by atoms with Crippen molar-refractivity contribution in [3.8, 4) is 0 Å². The van der Waals surface area contributed by atoms with E-state index in [1.165, 1.54) is 12.0 Å². The van der Waals surface area contributed by atoms with Gasteiger partial charge in [-0.2, -0.15) is 0 Å². The van der Waals surface area contributed by atoms with E-state index in [1.807, 2.05) is 6.07 Å². The van der Waals surface area contributed by atoms with E-state index in [-0.39, 0.29) is 11.5 Å². The molecule has 0 spiro atoms. The summed E-state index contributed by atoms with van der Waals surface area (Å²) in [5.74, 6) is 0.325. The fourth-order valence-electron chi connectivity index (χ4n) is 3.26. The Balaban J connectivity index is 2.23. The molecule has 1 saturated carbocycles. The van der Waals surface area contributed by atoms with Crippen molar-refractivity contribution < 1.29 is 9.53 Å². The van der Waals surface area contributed by atoms with E-state index in [2.05, 4.69) is 38.1 Å². The van der Waals surface area contributed by atoms with Crippen molar-refractivity contribution in [2.24, 2.45) is 5.92 Å². The Labute approximate surface area is 120 Å². The zero-order valence-corrected chi connectivity index (χ0v) is 12.3. The van der Waals surface area contributed by atoms with Crippen LogP contribution in [0.15, 0.2) is 30.3 Å². The lowest BCUT2D eigenvalue weighted by molar-refractivity contribution is 0.0227. The molecular formula is C16H21ClO2. The van der Waals surface area contributed by atoms with Gasteiger partial charge in [0, 0.05) is 17.5 Å². The number of hydrogen-bond donors (Lipinski definition) is 0. The molecule has 0 unspecified atom stereocenters. The minimum Gasteiger partial charge on any atom is -0.450 e. The number of carbonyl (C=O) groups excluding carboxylic acids is 1. The van der Waals surface area contributed by atoms with Crippen molar-refractivity contribution in [1.29, 1.82) is 0 Å². The van der Waals surface area contributed by atoms with Crippen molar-refractivity contribution in [1.82, 2.24) is 0 Å². The monoisotopic (exact) mass is 280 g/mol. The maximum Gasteiger partial charge on any atom is 0.404 e. The number of benzene rings is 1. The average molecular weight is 281 g/mol.